The molecular weight excluding hydrogens is 372 g/mol. The Bertz CT molecular complexity index is 817. The van der Waals surface area contributed by atoms with Crippen LogP contribution in [0.2, 0.25) is 0 Å². The van der Waals surface area contributed by atoms with Crippen molar-refractivity contribution in [1.82, 2.24) is 15.1 Å². The van der Waals surface area contributed by atoms with Crippen molar-refractivity contribution in [2.45, 2.75) is 0 Å². The maximum atomic E-state index is 14.4. The molecule has 0 spiro atoms. The van der Waals surface area contributed by atoms with E-state index in [1.54, 1.807) is 24.2 Å². The average Bonchev–Trinajstić information content (AvgIpc) is 2.90. The molecule has 0 aliphatic carbocycles. The van der Waals surface area contributed by atoms with Crippen molar-refractivity contribution in [2.75, 3.05) is 24.6 Å². The first-order valence-electron chi connectivity index (χ1n) is 6.56. The Kier molecular flexibility index (Phi) is 4.03. The lowest BCUT2D eigenvalue weighted by molar-refractivity contribution is 0.426. The van der Waals surface area contributed by atoms with Gasteiger partial charge in [-0.3, -0.25) is 0 Å². The summed E-state index contributed by atoms with van der Waals surface area (Å²) in [7, 11) is 1.69. The summed E-state index contributed by atoms with van der Waals surface area (Å²) in [5.41, 5.74) is 5.90. The normalized spacial score (nSPS) is 15.0. The largest absolute Gasteiger partial charge is 0.403 e. The number of nitrogen functional groups attached to an aromatic ring is 1. The number of anilines is 2. The first kappa shape index (κ1) is 15.5. The number of rotatable bonds is 3. The van der Waals surface area contributed by atoms with Crippen LogP contribution < -0.4 is 11.1 Å². The van der Waals surface area contributed by atoms with E-state index in [9.17, 15) is 8.78 Å². The lowest BCUT2D eigenvalue weighted by atomic mass is 10.1. The lowest BCUT2D eigenvalue weighted by Gasteiger charge is -2.24. The molecule has 0 bridgehead atoms. The molecule has 0 radical (unpaired) electrons. The molecule has 0 amide bonds. The third-order valence-corrected chi connectivity index (χ3v) is 3.63. The number of nitrogens with one attached hydrogen (secondary N) is 1. The van der Waals surface area contributed by atoms with Gasteiger partial charge in [0, 0.05) is 17.7 Å². The topological polar surface area (TPSA) is 80.2 Å². The van der Waals surface area contributed by atoms with Crippen LogP contribution in [0.4, 0.5) is 20.5 Å². The van der Waals surface area contributed by atoms with Gasteiger partial charge in [-0.2, -0.15) is 0 Å². The van der Waals surface area contributed by atoms with Crippen LogP contribution >= 0.6 is 15.9 Å². The molecule has 23 heavy (non-hydrogen) atoms. The number of hydrogen-bond acceptors (Lipinski definition) is 6. The monoisotopic (exact) mass is 383 g/mol. The summed E-state index contributed by atoms with van der Waals surface area (Å²) in [4.78, 5) is 1.61. The van der Waals surface area contributed by atoms with Crippen molar-refractivity contribution in [1.29, 1.82) is 0 Å². The van der Waals surface area contributed by atoms with Crippen molar-refractivity contribution >= 4 is 33.2 Å². The number of hydrogen-bond donors (Lipinski definition) is 2. The molecule has 2 heterocycles. The molecule has 1 aliphatic rings. The van der Waals surface area contributed by atoms with E-state index < -0.39 is 11.6 Å². The van der Waals surface area contributed by atoms with E-state index in [1.807, 2.05) is 0 Å². The first-order valence-corrected chi connectivity index (χ1v) is 7.36. The van der Waals surface area contributed by atoms with Gasteiger partial charge in [0.25, 0.3) is 5.89 Å². The molecule has 2 aromatic rings. The van der Waals surface area contributed by atoms with Gasteiger partial charge < -0.3 is 20.4 Å². The van der Waals surface area contributed by atoms with Gasteiger partial charge in [-0.25, -0.2) is 8.78 Å². The van der Waals surface area contributed by atoms with Crippen LogP contribution in [0.25, 0.3) is 5.57 Å². The second kappa shape index (κ2) is 5.99. The molecule has 0 fully saturated rings. The Labute approximate surface area is 138 Å². The highest BCUT2D eigenvalue weighted by Gasteiger charge is 2.25. The van der Waals surface area contributed by atoms with E-state index in [4.69, 9.17) is 10.2 Å². The summed E-state index contributed by atoms with van der Waals surface area (Å²) in [6.07, 6.45) is 1.62. The SMILES string of the molecule is CN1C=C(c2nnc(N)o2)C(Nc2ccc(Br)cc2F)=C(F)C1. The van der Waals surface area contributed by atoms with Crippen molar-refractivity contribution < 1.29 is 13.2 Å². The predicted octanol–water partition coefficient (Wildman–Crippen LogP) is 3.13. The molecule has 3 rings (SSSR count). The van der Waals surface area contributed by atoms with Gasteiger partial charge in [0.2, 0.25) is 0 Å². The summed E-state index contributed by atoms with van der Waals surface area (Å²) in [6, 6.07) is 4.29. The zero-order valence-corrected chi connectivity index (χ0v) is 13.6. The van der Waals surface area contributed by atoms with Crippen molar-refractivity contribution in [3.05, 3.63) is 52.1 Å². The van der Waals surface area contributed by atoms with E-state index >= 15 is 0 Å². The summed E-state index contributed by atoms with van der Waals surface area (Å²) in [6.45, 7) is 0.0353. The Balaban J connectivity index is 2.00. The molecule has 120 valence electrons. The van der Waals surface area contributed by atoms with Crippen LogP contribution in [-0.4, -0.2) is 28.7 Å². The number of nitrogens with zero attached hydrogens (tertiary/aromatic N) is 3. The highest BCUT2D eigenvalue weighted by molar-refractivity contribution is 9.10. The van der Waals surface area contributed by atoms with Crippen LogP contribution in [0, 0.1) is 5.82 Å². The molecule has 9 heteroatoms. The molecule has 0 atom stereocenters. The van der Waals surface area contributed by atoms with E-state index in [0.717, 1.165) is 0 Å². The van der Waals surface area contributed by atoms with E-state index in [2.05, 4.69) is 31.4 Å². The van der Waals surface area contributed by atoms with Crippen LogP contribution in [0.15, 0.2) is 44.8 Å². The van der Waals surface area contributed by atoms with Crippen LogP contribution in [0.5, 0.6) is 0 Å². The molecular formula is C14H12BrF2N5O. The lowest BCUT2D eigenvalue weighted by Crippen LogP contribution is -2.22. The Morgan fingerprint density at radius 2 is 2.13 bits per heavy atom. The molecule has 1 aromatic carbocycles. The van der Waals surface area contributed by atoms with Crippen molar-refractivity contribution in [2.24, 2.45) is 0 Å². The van der Waals surface area contributed by atoms with Gasteiger partial charge in [-0.05, 0) is 18.2 Å². The van der Waals surface area contributed by atoms with Gasteiger partial charge in [0.1, 0.15) is 11.6 Å². The van der Waals surface area contributed by atoms with Gasteiger partial charge in [-0.15, -0.1) is 5.10 Å². The number of nitrogens with two attached hydrogens (primary N) is 1. The molecule has 1 aliphatic heterocycles. The minimum absolute atomic E-state index is 0.0353. The zero-order valence-electron chi connectivity index (χ0n) is 12.0. The van der Waals surface area contributed by atoms with E-state index in [1.165, 1.54) is 12.1 Å². The van der Waals surface area contributed by atoms with E-state index in [-0.39, 0.29) is 29.8 Å². The van der Waals surface area contributed by atoms with Gasteiger partial charge >= 0.3 is 6.01 Å². The summed E-state index contributed by atoms with van der Waals surface area (Å²) < 4.78 is 34.2. The molecule has 3 N–H and O–H groups in total. The third-order valence-electron chi connectivity index (χ3n) is 3.14. The van der Waals surface area contributed by atoms with Gasteiger partial charge in [-0.1, -0.05) is 21.0 Å². The first-order chi connectivity index (χ1) is 10.9. The summed E-state index contributed by atoms with van der Waals surface area (Å²) >= 11 is 3.17. The maximum absolute atomic E-state index is 14.4. The summed E-state index contributed by atoms with van der Waals surface area (Å²) in [5, 5.41) is 10.1. The predicted molar refractivity (Wildman–Crippen MR) is 85.2 cm³/mol. The number of allylic oxidation sites excluding steroid dienone is 1. The fourth-order valence-electron chi connectivity index (χ4n) is 2.14. The van der Waals surface area contributed by atoms with Crippen LogP contribution in [0.3, 0.4) is 0 Å². The standard InChI is InChI=1S/C14H12BrF2N5O/c1-22-5-8(13-20-21-14(18)23-13)12(10(17)6-22)19-11-3-2-7(15)4-9(11)16/h2-5,19H,6H2,1H3,(H2,18,21). The fraction of sp³-hybridized carbons (Fsp3) is 0.143. The second-order valence-corrected chi connectivity index (χ2v) is 5.85. The Morgan fingerprint density at radius 3 is 2.78 bits per heavy atom. The number of aromatic nitrogens is 2. The number of halogens is 3. The highest BCUT2D eigenvalue weighted by Crippen LogP contribution is 2.32. The smallest absolute Gasteiger partial charge is 0.313 e. The molecule has 1 aromatic heterocycles. The Hall–Kier alpha value is -2.42. The zero-order chi connectivity index (χ0) is 16.6. The van der Waals surface area contributed by atoms with Gasteiger partial charge in [0.05, 0.1) is 23.5 Å². The molecule has 0 unspecified atom stereocenters. The third kappa shape index (κ3) is 3.19. The minimum atomic E-state index is -0.525. The van der Waals surface area contributed by atoms with Gasteiger partial charge in [0.15, 0.2) is 0 Å². The van der Waals surface area contributed by atoms with Crippen molar-refractivity contribution in [3.8, 4) is 0 Å². The molecule has 0 saturated carbocycles. The fourth-order valence-corrected chi connectivity index (χ4v) is 2.47. The quantitative estimate of drug-likeness (QED) is 0.847. The van der Waals surface area contributed by atoms with Crippen LogP contribution in [-0.2, 0) is 0 Å². The minimum Gasteiger partial charge on any atom is -0.403 e. The second-order valence-electron chi connectivity index (χ2n) is 4.93. The number of benzene rings is 1. The van der Waals surface area contributed by atoms with Crippen LogP contribution in [0.1, 0.15) is 5.89 Å². The average molecular weight is 384 g/mol. The van der Waals surface area contributed by atoms with E-state index in [0.29, 0.717) is 10.0 Å². The molecule has 0 saturated heterocycles. The summed E-state index contributed by atoms with van der Waals surface area (Å²) in [5.74, 6) is -0.962. The maximum Gasteiger partial charge on any atom is 0.313 e. The highest BCUT2D eigenvalue weighted by atomic mass is 79.9. The number of likely N-dealkylation sites (N-methyl/N-ethyl adjacent to an activating group) is 1. The molecule has 6 nitrogen and oxygen atoms in total. The van der Waals surface area contributed by atoms with Crippen molar-refractivity contribution in [3.63, 3.8) is 0 Å². The Morgan fingerprint density at radius 1 is 1.35 bits per heavy atom.